The van der Waals surface area contributed by atoms with Gasteiger partial charge in [0.1, 0.15) is 0 Å². The highest BCUT2D eigenvalue weighted by atomic mass is 79.9. The lowest BCUT2D eigenvalue weighted by Crippen LogP contribution is -2.37. The summed E-state index contributed by atoms with van der Waals surface area (Å²) in [7, 11) is 0. The Hall–Kier alpha value is -3.62. The van der Waals surface area contributed by atoms with E-state index in [0.29, 0.717) is 35.1 Å². The van der Waals surface area contributed by atoms with Crippen LogP contribution in [0.2, 0.25) is 0 Å². The lowest BCUT2D eigenvalue weighted by Gasteiger charge is -2.30. The van der Waals surface area contributed by atoms with Crippen molar-refractivity contribution in [1.82, 2.24) is 15.0 Å². The third kappa shape index (κ3) is 6.74. The molecule has 1 saturated heterocycles. The van der Waals surface area contributed by atoms with Crippen molar-refractivity contribution in [2.45, 2.75) is 45.6 Å². The number of anilines is 1. The topological polar surface area (TPSA) is 88.3 Å². The number of rotatable bonds is 7. The van der Waals surface area contributed by atoms with Crippen molar-refractivity contribution >= 4 is 33.3 Å². The van der Waals surface area contributed by atoms with Crippen LogP contribution in [0.1, 0.15) is 61.0 Å². The smallest absolute Gasteiger partial charge is 0.241 e. The first-order valence-corrected chi connectivity index (χ1v) is 14.3. The molecule has 206 valence electrons. The van der Waals surface area contributed by atoms with Gasteiger partial charge < -0.3 is 9.84 Å². The normalized spacial score (nSPS) is 14.7. The molecule has 1 fully saturated rings. The van der Waals surface area contributed by atoms with Crippen molar-refractivity contribution in [3.63, 3.8) is 0 Å². The van der Waals surface area contributed by atoms with Gasteiger partial charge in [0.15, 0.2) is 5.78 Å². The second-order valence-corrected chi connectivity index (χ2v) is 12.2. The summed E-state index contributed by atoms with van der Waals surface area (Å²) in [4.78, 5) is 32.9. The van der Waals surface area contributed by atoms with Gasteiger partial charge in [0.2, 0.25) is 17.6 Å². The van der Waals surface area contributed by atoms with Crippen molar-refractivity contribution in [3.8, 4) is 11.4 Å². The summed E-state index contributed by atoms with van der Waals surface area (Å²) in [5.41, 5.74) is 3.93. The molecule has 5 rings (SSSR count). The number of ketones is 1. The molecule has 1 aromatic heterocycles. The number of halogens is 1. The number of hydrogen-bond donors (Lipinski definition) is 1. The van der Waals surface area contributed by atoms with Crippen molar-refractivity contribution < 1.29 is 14.1 Å². The lowest BCUT2D eigenvalue weighted by molar-refractivity contribution is -0.121. The number of benzene rings is 3. The molecule has 1 aliphatic heterocycles. The van der Waals surface area contributed by atoms with Gasteiger partial charge >= 0.3 is 0 Å². The van der Waals surface area contributed by atoms with Crippen LogP contribution in [0.4, 0.5) is 5.69 Å². The van der Waals surface area contributed by atoms with Crippen LogP contribution in [-0.4, -0.2) is 39.8 Å². The highest BCUT2D eigenvalue weighted by Gasteiger charge is 2.26. The van der Waals surface area contributed by atoms with Crippen molar-refractivity contribution in [2.24, 2.45) is 5.92 Å². The zero-order valence-corrected chi connectivity index (χ0v) is 24.6. The van der Waals surface area contributed by atoms with E-state index >= 15 is 0 Å². The molecule has 0 atom stereocenters. The number of amides is 1. The van der Waals surface area contributed by atoms with Crippen molar-refractivity contribution in [3.05, 3.63) is 99.9 Å². The van der Waals surface area contributed by atoms with Crippen LogP contribution in [0.15, 0.2) is 81.8 Å². The summed E-state index contributed by atoms with van der Waals surface area (Å²) in [6, 6.07) is 22.7. The molecule has 8 heteroatoms. The fourth-order valence-corrected chi connectivity index (χ4v) is 5.11. The van der Waals surface area contributed by atoms with Gasteiger partial charge in [-0.05, 0) is 73.3 Å². The quantitative estimate of drug-likeness (QED) is 0.233. The average molecular weight is 602 g/mol. The Morgan fingerprint density at radius 1 is 0.975 bits per heavy atom. The van der Waals surface area contributed by atoms with Gasteiger partial charge in [-0.1, -0.05) is 78.3 Å². The number of hydrogen-bond acceptors (Lipinski definition) is 6. The molecule has 1 aliphatic rings. The van der Waals surface area contributed by atoms with Crippen molar-refractivity contribution in [1.29, 1.82) is 0 Å². The molecule has 0 radical (unpaired) electrons. The average Bonchev–Trinajstić information content (AvgIpc) is 3.41. The minimum absolute atomic E-state index is 0.0194. The van der Waals surface area contributed by atoms with Crippen LogP contribution in [0.5, 0.6) is 0 Å². The molecular formula is C32H33BrN4O3. The molecule has 1 N–H and O–H groups in total. The third-order valence-electron chi connectivity index (χ3n) is 7.29. The van der Waals surface area contributed by atoms with E-state index < -0.39 is 0 Å². The van der Waals surface area contributed by atoms with E-state index in [-0.39, 0.29) is 23.0 Å². The molecule has 40 heavy (non-hydrogen) atoms. The van der Waals surface area contributed by atoms with E-state index in [1.807, 2.05) is 60.7 Å². The molecule has 2 heterocycles. The Morgan fingerprint density at radius 2 is 1.68 bits per heavy atom. The SMILES string of the molecule is CC(C)(C)c1ccc(C(=O)c2cccc(NC(=O)C3CCN(Cc4nc(-c5ccc(Br)cc5)no4)CC3)c2)cc1. The van der Waals surface area contributed by atoms with E-state index in [1.165, 1.54) is 5.56 Å². The molecule has 3 aromatic carbocycles. The molecule has 0 spiro atoms. The number of carbonyl (C=O) groups excluding carboxylic acids is 2. The van der Waals surface area contributed by atoms with Gasteiger partial charge in [-0.25, -0.2) is 0 Å². The summed E-state index contributed by atoms with van der Waals surface area (Å²) in [5.74, 6) is 0.958. The third-order valence-corrected chi connectivity index (χ3v) is 7.82. The fourth-order valence-electron chi connectivity index (χ4n) is 4.85. The zero-order valence-electron chi connectivity index (χ0n) is 23.0. The molecule has 0 aliphatic carbocycles. The monoisotopic (exact) mass is 600 g/mol. The zero-order chi connectivity index (χ0) is 28.3. The minimum atomic E-state index is -0.0958. The first-order valence-electron chi connectivity index (χ1n) is 13.5. The highest BCUT2D eigenvalue weighted by Crippen LogP contribution is 2.25. The lowest BCUT2D eigenvalue weighted by atomic mass is 9.86. The van der Waals surface area contributed by atoms with Gasteiger partial charge in [0.05, 0.1) is 6.54 Å². The largest absolute Gasteiger partial charge is 0.338 e. The van der Waals surface area contributed by atoms with Gasteiger partial charge in [-0.3, -0.25) is 14.5 Å². The summed E-state index contributed by atoms with van der Waals surface area (Å²) < 4.78 is 6.46. The van der Waals surface area contributed by atoms with E-state index in [4.69, 9.17) is 4.52 Å². The van der Waals surface area contributed by atoms with Gasteiger partial charge in [-0.15, -0.1) is 0 Å². The highest BCUT2D eigenvalue weighted by molar-refractivity contribution is 9.10. The van der Waals surface area contributed by atoms with Crippen molar-refractivity contribution in [2.75, 3.05) is 18.4 Å². The summed E-state index contributed by atoms with van der Waals surface area (Å²) in [5, 5.41) is 7.13. The molecule has 0 bridgehead atoms. The van der Waals surface area contributed by atoms with Gasteiger partial charge in [0.25, 0.3) is 0 Å². The van der Waals surface area contributed by atoms with Crippen LogP contribution < -0.4 is 5.32 Å². The first-order chi connectivity index (χ1) is 19.2. The van der Waals surface area contributed by atoms with Gasteiger partial charge in [-0.2, -0.15) is 4.98 Å². The molecule has 7 nitrogen and oxygen atoms in total. The van der Waals surface area contributed by atoms with Crippen LogP contribution >= 0.6 is 15.9 Å². The second-order valence-electron chi connectivity index (χ2n) is 11.3. The predicted molar refractivity (Wildman–Crippen MR) is 159 cm³/mol. The van der Waals surface area contributed by atoms with E-state index in [1.54, 1.807) is 12.1 Å². The number of likely N-dealkylation sites (tertiary alicyclic amines) is 1. The van der Waals surface area contributed by atoms with E-state index in [2.05, 4.69) is 57.1 Å². The minimum Gasteiger partial charge on any atom is -0.338 e. The molecule has 0 saturated carbocycles. The number of piperidine rings is 1. The molecule has 1 amide bonds. The maximum absolute atomic E-state index is 13.1. The maximum atomic E-state index is 13.1. The number of nitrogens with zero attached hydrogens (tertiary/aromatic N) is 3. The van der Waals surface area contributed by atoms with E-state index in [9.17, 15) is 9.59 Å². The first kappa shape index (κ1) is 27.9. The standard InChI is InChI=1S/C32H33BrN4O3/c1-32(2,3)25-11-7-21(8-12-25)29(38)24-5-4-6-27(19-24)34-31(39)23-15-17-37(18-16-23)20-28-35-30(36-40-28)22-9-13-26(33)14-10-22/h4-14,19,23H,15-18,20H2,1-3H3,(H,34,39). The van der Waals surface area contributed by atoms with Crippen LogP contribution in [0.25, 0.3) is 11.4 Å². The number of carbonyl (C=O) groups is 2. The molecular weight excluding hydrogens is 568 g/mol. The molecule has 0 unspecified atom stereocenters. The van der Waals surface area contributed by atoms with Crippen LogP contribution in [-0.2, 0) is 16.8 Å². The van der Waals surface area contributed by atoms with Crippen LogP contribution in [0, 0.1) is 5.92 Å². The fraction of sp³-hybridized carbons (Fsp3) is 0.312. The Labute approximate surface area is 243 Å². The maximum Gasteiger partial charge on any atom is 0.241 e. The summed E-state index contributed by atoms with van der Waals surface area (Å²) >= 11 is 3.43. The Bertz CT molecular complexity index is 1480. The van der Waals surface area contributed by atoms with E-state index in [0.717, 1.165) is 36.0 Å². The van der Waals surface area contributed by atoms with Crippen LogP contribution in [0.3, 0.4) is 0 Å². The van der Waals surface area contributed by atoms with Gasteiger partial charge in [0, 0.05) is 32.8 Å². The summed E-state index contributed by atoms with van der Waals surface area (Å²) in [6.45, 7) is 8.52. The Kier molecular flexibility index (Phi) is 8.28. The Balaban J connectivity index is 1.14. The predicted octanol–water partition coefficient (Wildman–Crippen LogP) is 6.88. The number of aromatic nitrogens is 2. The summed E-state index contributed by atoms with van der Waals surface area (Å²) in [6.07, 6.45) is 1.47. The number of nitrogens with one attached hydrogen (secondary N) is 1. The Morgan fingerprint density at radius 3 is 2.35 bits per heavy atom. The molecule has 4 aromatic rings. The second kappa shape index (κ2) is 11.9.